The largest absolute Gasteiger partial charge is 0.487 e. The molecule has 0 fully saturated rings. The second kappa shape index (κ2) is 10.9. The van der Waals surface area contributed by atoms with Gasteiger partial charge in [0.15, 0.2) is 5.65 Å². The van der Waals surface area contributed by atoms with E-state index in [1.165, 1.54) is 29.3 Å². The second-order valence-electron chi connectivity index (χ2n) is 8.32. The summed E-state index contributed by atoms with van der Waals surface area (Å²) in [5.74, 6) is -0.567. The van der Waals surface area contributed by atoms with Crippen molar-refractivity contribution in [2.45, 2.75) is 13.5 Å². The number of carbonyl (C=O) groups excluding carboxylic acids is 1. The number of carboxylic acid groups (broad SMARTS) is 1. The quantitative estimate of drug-likeness (QED) is 0.343. The van der Waals surface area contributed by atoms with Crippen LogP contribution in [0.3, 0.4) is 0 Å². The molecule has 0 radical (unpaired) electrons. The van der Waals surface area contributed by atoms with Crippen molar-refractivity contribution < 1.29 is 28.6 Å². The molecule has 0 saturated heterocycles. The summed E-state index contributed by atoms with van der Waals surface area (Å²) in [7, 11) is 3.18. The summed E-state index contributed by atoms with van der Waals surface area (Å²) >= 11 is 6.38. The topological polar surface area (TPSA) is 107 Å². The molecule has 2 heterocycles. The summed E-state index contributed by atoms with van der Waals surface area (Å²) in [6, 6.07) is 10.7. The first-order valence-electron chi connectivity index (χ1n) is 11.2. The number of ether oxygens (including phenoxy) is 2. The van der Waals surface area contributed by atoms with E-state index < -0.39 is 11.9 Å². The SMILES string of the molecule is COCCN(C)C(=O)c1ccc(F)c(-c2cc(Cl)c(C)cc2OCc2nn(C(=O)O)c3ncccc23)c1. The molecule has 2 aromatic carbocycles. The highest BCUT2D eigenvalue weighted by molar-refractivity contribution is 6.31. The molecule has 0 bridgehead atoms. The van der Waals surface area contributed by atoms with E-state index in [1.54, 1.807) is 45.3 Å². The van der Waals surface area contributed by atoms with Gasteiger partial charge in [0.1, 0.15) is 23.9 Å². The Balaban J connectivity index is 1.71. The second-order valence-corrected chi connectivity index (χ2v) is 8.72. The molecule has 0 spiro atoms. The summed E-state index contributed by atoms with van der Waals surface area (Å²) in [6.07, 6.45) is 0.190. The van der Waals surface area contributed by atoms with Crippen LogP contribution >= 0.6 is 11.6 Å². The summed E-state index contributed by atoms with van der Waals surface area (Å²) in [5, 5.41) is 14.5. The van der Waals surface area contributed by atoms with Gasteiger partial charge in [-0.2, -0.15) is 5.10 Å². The van der Waals surface area contributed by atoms with E-state index in [0.717, 1.165) is 4.68 Å². The van der Waals surface area contributed by atoms with Crippen LogP contribution in [0.2, 0.25) is 5.02 Å². The van der Waals surface area contributed by atoms with Crippen molar-refractivity contribution in [1.29, 1.82) is 0 Å². The number of amides is 1. The Kier molecular flexibility index (Phi) is 7.70. The Bertz CT molecular complexity index is 1490. The molecule has 0 saturated carbocycles. The van der Waals surface area contributed by atoms with Crippen LogP contribution in [0.1, 0.15) is 21.6 Å². The molecule has 0 unspecified atom stereocenters. The minimum atomic E-state index is -1.28. The lowest BCUT2D eigenvalue weighted by atomic mass is 9.99. The monoisotopic (exact) mass is 526 g/mol. The Morgan fingerprint density at radius 1 is 1.19 bits per heavy atom. The zero-order valence-electron chi connectivity index (χ0n) is 20.4. The number of carbonyl (C=O) groups is 2. The van der Waals surface area contributed by atoms with Gasteiger partial charge >= 0.3 is 6.09 Å². The van der Waals surface area contributed by atoms with Gasteiger partial charge in [0.25, 0.3) is 5.91 Å². The third kappa shape index (κ3) is 5.40. The van der Waals surface area contributed by atoms with Crippen LogP contribution in [0.4, 0.5) is 9.18 Å². The van der Waals surface area contributed by atoms with Crippen LogP contribution in [0.15, 0.2) is 48.7 Å². The van der Waals surface area contributed by atoms with Crippen molar-refractivity contribution in [2.75, 3.05) is 27.3 Å². The molecule has 192 valence electrons. The number of rotatable bonds is 8. The molecule has 1 N–H and O–H groups in total. The molecule has 0 aliphatic rings. The fraction of sp³-hybridized carbons (Fsp3) is 0.231. The molecule has 11 heteroatoms. The van der Waals surface area contributed by atoms with Crippen LogP contribution in [0.25, 0.3) is 22.2 Å². The molecule has 4 rings (SSSR count). The van der Waals surface area contributed by atoms with Gasteiger partial charge in [-0.05, 0) is 55.0 Å². The number of nitrogens with zero attached hydrogens (tertiary/aromatic N) is 4. The van der Waals surface area contributed by atoms with Gasteiger partial charge in [0.05, 0.1) is 6.61 Å². The molecule has 4 aromatic rings. The molecule has 0 aliphatic carbocycles. The van der Waals surface area contributed by atoms with Crippen molar-refractivity contribution in [3.05, 3.63) is 76.3 Å². The van der Waals surface area contributed by atoms with E-state index in [1.807, 2.05) is 0 Å². The van der Waals surface area contributed by atoms with Crippen LogP contribution in [-0.2, 0) is 11.3 Å². The van der Waals surface area contributed by atoms with E-state index in [2.05, 4.69) is 10.1 Å². The highest BCUT2D eigenvalue weighted by Gasteiger charge is 2.20. The first-order valence-corrected chi connectivity index (χ1v) is 11.6. The van der Waals surface area contributed by atoms with Crippen LogP contribution < -0.4 is 4.74 Å². The number of halogens is 2. The first kappa shape index (κ1) is 26.1. The van der Waals surface area contributed by atoms with E-state index in [4.69, 9.17) is 21.1 Å². The number of likely N-dealkylation sites (N-methyl/N-ethyl adjacent to an activating group) is 1. The predicted octanol–water partition coefficient (Wildman–Crippen LogP) is 5.02. The Labute approximate surface area is 217 Å². The van der Waals surface area contributed by atoms with Crippen LogP contribution in [-0.4, -0.2) is 64.1 Å². The maximum absolute atomic E-state index is 15.1. The van der Waals surface area contributed by atoms with E-state index >= 15 is 4.39 Å². The lowest BCUT2D eigenvalue weighted by Gasteiger charge is -2.18. The molecule has 9 nitrogen and oxygen atoms in total. The third-order valence-electron chi connectivity index (χ3n) is 5.81. The minimum Gasteiger partial charge on any atom is -0.487 e. The van der Waals surface area contributed by atoms with Crippen molar-refractivity contribution >= 4 is 34.6 Å². The number of methoxy groups -OCH3 is 1. The number of fused-ring (bicyclic) bond motifs is 1. The summed E-state index contributed by atoms with van der Waals surface area (Å²) in [6.45, 7) is 2.40. The molecular weight excluding hydrogens is 503 g/mol. The maximum atomic E-state index is 15.1. The van der Waals surface area contributed by atoms with Crippen molar-refractivity contribution in [3.63, 3.8) is 0 Å². The van der Waals surface area contributed by atoms with E-state index in [0.29, 0.717) is 46.1 Å². The fourth-order valence-corrected chi connectivity index (χ4v) is 3.96. The highest BCUT2D eigenvalue weighted by Crippen LogP contribution is 2.37. The van der Waals surface area contributed by atoms with Crippen molar-refractivity contribution in [3.8, 4) is 16.9 Å². The normalized spacial score (nSPS) is 11.1. The van der Waals surface area contributed by atoms with Crippen molar-refractivity contribution in [2.24, 2.45) is 0 Å². The zero-order chi connectivity index (χ0) is 26.7. The Morgan fingerprint density at radius 2 is 1.97 bits per heavy atom. The highest BCUT2D eigenvalue weighted by atomic mass is 35.5. The summed E-state index contributed by atoms with van der Waals surface area (Å²) in [5.41, 5.74) is 1.96. The molecule has 1 amide bonds. The molecule has 37 heavy (non-hydrogen) atoms. The number of hydrogen-bond acceptors (Lipinski definition) is 6. The third-order valence-corrected chi connectivity index (χ3v) is 6.21. The van der Waals surface area contributed by atoms with Gasteiger partial charge in [-0.1, -0.05) is 11.6 Å². The number of benzene rings is 2. The van der Waals surface area contributed by atoms with Gasteiger partial charge < -0.3 is 19.5 Å². The number of pyridine rings is 1. The fourth-order valence-electron chi connectivity index (χ4n) is 3.80. The molecular formula is C26H24ClFN4O5. The Morgan fingerprint density at radius 3 is 2.70 bits per heavy atom. The average Bonchev–Trinajstić information content (AvgIpc) is 3.26. The summed E-state index contributed by atoms with van der Waals surface area (Å²) in [4.78, 5) is 30.0. The van der Waals surface area contributed by atoms with Gasteiger partial charge in [-0.15, -0.1) is 4.68 Å². The smallest absolute Gasteiger partial charge is 0.434 e. The lowest BCUT2D eigenvalue weighted by molar-refractivity contribution is 0.0744. The molecule has 2 aromatic heterocycles. The van der Waals surface area contributed by atoms with Crippen molar-refractivity contribution in [1.82, 2.24) is 19.7 Å². The number of aromatic nitrogens is 3. The van der Waals surface area contributed by atoms with E-state index in [9.17, 15) is 14.7 Å². The first-order chi connectivity index (χ1) is 17.7. The minimum absolute atomic E-state index is 0.115. The molecule has 0 aliphatic heterocycles. The number of aryl methyl sites for hydroxylation is 1. The summed E-state index contributed by atoms with van der Waals surface area (Å²) < 4.78 is 26.9. The van der Waals surface area contributed by atoms with Gasteiger partial charge in [-0.25, -0.2) is 14.2 Å². The van der Waals surface area contributed by atoms with Crippen LogP contribution in [0, 0.1) is 12.7 Å². The van der Waals surface area contributed by atoms with Gasteiger partial charge in [-0.3, -0.25) is 4.79 Å². The Hall–Kier alpha value is -4.02. The lowest BCUT2D eigenvalue weighted by Crippen LogP contribution is -2.29. The van der Waals surface area contributed by atoms with Crippen LogP contribution in [0.5, 0.6) is 5.75 Å². The van der Waals surface area contributed by atoms with Gasteiger partial charge in [0.2, 0.25) is 0 Å². The molecule has 0 atom stereocenters. The average molecular weight is 527 g/mol. The number of hydrogen-bond donors (Lipinski definition) is 1. The maximum Gasteiger partial charge on any atom is 0.434 e. The zero-order valence-corrected chi connectivity index (χ0v) is 21.1. The van der Waals surface area contributed by atoms with E-state index in [-0.39, 0.29) is 29.3 Å². The predicted molar refractivity (Wildman–Crippen MR) is 136 cm³/mol. The standard InChI is InChI=1S/C26H24ClFN4O5/c1-15-11-23(37-14-22-17-5-4-8-29-24(17)32(30-22)26(34)35)19(13-20(15)27)18-12-16(6-7-21(18)28)25(33)31(2)9-10-36-3/h4-8,11-13H,9-10,14H2,1-3H3,(H,34,35). The van der Waals surface area contributed by atoms with Gasteiger partial charge in [0, 0.05) is 54.0 Å².